The largest absolute Gasteiger partial charge is 0.493 e. The summed E-state index contributed by atoms with van der Waals surface area (Å²) >= 11 is 0. The number of methoxy groups -OCH3 is 2. The highest BCUT2D eigenvalue weighted by atomic mass is 16.7. The van der Waals surface area contributed by atoms with E-state index >= 15 is 0 Å². The monoisotopic (exact) mass is 352 g/mol. The number of hydrogen-bond acceptors (Lipinski definition) is 4. The first-order valence-corrected chi connectivity index (χ1v) is 8.89. The number of benzene rings is 2. The molecule has 2 aromatic carbocycles. The molecule has 1 N–H and O–H groups in total. The van der Waals surface area contributed by atoms with E-state index in [1.807, 2.05) is 6.07 Å². The van der Waals surface area contributed by atoms with Crippen molar-refractivity contribution in [2.45, 2.75) is 18.5 Å². The fourth-order valence-corrected chi connectivity index (χ4v) is 4.64. The van der Waals surface area contributed by atoms with Gasteiger partial charge in [-0.25, -0.2) is 0 Å². The molecule has 0 bridgehead atoms. The Kier molecular flexibility index (Phi) is 3.40. The third kappa shape index (κ3) is 2.07. The average Bonchev–Trinajstić information content (AvgIpc) is 3.12. The summed E-state index contributed by atoms with van der Waals surface area (Å²) in [4.78, 5) is 1.43. The molecule has 2 aromatic rings. The Morgan fingerprint density at radius 1 is 1.04 bits per heavy atom. The average molecular weight is 352 g/mol. The van der Waals surface area contributed by atoms with Crippen LogP contribution >= 0.6 is 0 Å². The van der Waals surface area contributed by atoms with E-state index in [0.29, 0.717) is 18.8 Å². The second-order valence-electron chi connectivity index (χ2n) is 7.09. The van der Waals surface area contributed by atoms with E-state index in [-0.39, 0.29) is 0 Å². The van der Waals surface area contributed by atoms with Crippen molar-refractivity contribution in [2.75, 3.05) is 28.1 Å². The summed E-state index contributed by atoms with van der Waals surface area (Å²) in [6.45, 7) is 1.19. The molecule has 5 heteroatoms. The van der Waals surface area contributed by atoms with E-state index < -0.39 is 0 Å². The van der Waals surface area contributed by atoms with Gasteiger partial charge in [0.25, 0.3) is 0 Å². The Morgan fingerprint density at radius 2 is 1.85 bits per heavy atom. The molecule has 3 unspecified atom stereocenters. The first-order chi connectivity index (χ1) is 12.7. The number of quaternary nitrogens is 1. The summed E-state index contributed by atoms with van der Waals surface area (Å²) in [6, 6.07) is 8.80. The maximum absolute atomic E-state index is 5.69. The van der Waals surface area contributed by atoms with Crippen LogP contribution in [0.3, 0.4) is 0 Å². The maximum atomic E-state index is 5.69. The van der Waals surface area contributed by atoms with Crippen LogP contribution in [0.15, 0.2) is 30.3 Å². The summed E-state index contributed by atoms with van der Waals surface area (Å²) < 4.78 is 22.4. The molecule has 2 heterocycles. The van der Waals surface area contributed by atoms with Gasteiger partial charge in [-0.15, -0.1) is 0 Å². The summed E-state index contributed by atoms with van der Waals surface area (Å²) in [7, 11) is 5.64. The van der Waals surface area contributed by atoms with Crippen LogP contribution in [0, 0.1) is 0 Å². The zero-order valence-corrected chi connectivity index (χ0v) is 15.2. The van der Waals surface area contributed by atoms with Gasteiger partial charge in [0.2, 0.25) is 6.79 Å². The van der Waals surface area contributed by atoms with E-state index in [2.05, 4.69) is 37.4 Å². The molecule has 1 aliphatic carbocycles. The fourth-order valence-electron chi connectivity index (χ4n) is 4.64. The van der Waals surface area contributed by atoms with Crippen LogP contribution in [0.1, 0.15) is 34.2 Å². The zero-order valence-electron chi connectivity index (χ0n) is 15.2. The SMILES string of the molecule is COc1ccc2c(c1OC)C[NH+](C)C1c3cc4c(cc3C=CC21)OCO4. The quantitative estimate of drug-likeness (QED) is 0.901. The van der Waals surface area contributed by atoms with Crippen molar-refractivity contribution in [3.63, 3.8) is 0 Å². The normalized spacial score (nSPS) is 24.5. The number of fused-ring (bicyclic) bond motifs is 6. The van der Waals surface area contributed by atoms with Crippen LogP contribution in [0.4, 0.5) is 0 Å². The van der Waals surface area contributed by atoms with Gasteiger partial charge in [0.1, 0.15) is 12.6 Å². The lowest BCUT2D eigenvalue weighted by molar-refractivity contribution is -0.929. The van der Waals surface area contributed by atoms with Gasteiger partial charge < -0.3 is 23.8 Å². The number of ether oxygens (including phenoxy) is 4. The van der Waals surface area contributed by atoms with E-state index in [9.17, 15) is 0 Å². The van der Waals surface area contributed by atoms with Gasteiger partial charge in [-0.3, -0.25) is 0 Å². The second kappa shape index (κ2) is 5.68. The molecule has 26 heavy (non-hydrogen) atoms. The number of rotatable bonds is 2. The lowest BCUT2D eigenvalue weighted by Gasteiger charge is -2.39. The number of hydrogen-bond donors (Lipinski definition) is 1. The minimum atomic E-state index is 0.298. The van der Waals surface area contributed by atoms with Crippen molar-refractivity contribution in [1.29, 1.82) is 0 Å². The molecule has 0 saturated carbocycles. The smallest absolute Gasteiger partial charge is 0.231 e. The predicted molar refractivity (Wildman–Crippen MR) is 97.2 cm³/mol. The minimum Gasteiger partial charge on any atom is -0.493 e. The molecular formula is C21H22NO4+. The predicted octanol–water partition coefficient (Wildman–Crippen LogP) is 2.31. The summed E-state index contributed by atoms with van der Waals surface area (Å²) in [5.41, 5.74) is 5.09. The molecule has 134 valence electrons. The highest BCUT2D eigenvalue weighted by Crippen LogP contribution is 2.47. The Morgan fingerprint density at radius 3 is 2.62 bits per heavy atom. The third-order valence-corrected chi connectivity index (χ3v) is 5.79. The van der Waals surface area contributed by atoms with Gasteiger partial charge >= 0.3 is 0 Å². The molecule has 0 spiro atoms. The summed E-state index contributed by atoms with van der Waals surface area (Å²) in [5, 5.41) is 0. The van der Waals surface area contributed by atoms with Gasteiger partial charge in [0.15, 0.2) is 23.0 Å². The van der Waals surface area contributed by atoms with Crippen molar-refractivity contribution in [3.05, 3.63) is 52.6 Å². The molecule has 3 aliphatic rings. The highest BCUT2D eigenvalue weighted by Gasteiger charge is 2.41. The van der Waals surface area contributed by atoms with E-state index in [0.717, 1.165) is 29.5 Å². The Hall–Kier alpha value is -2.66. The van der Waals surface area contributed by atoms with Crippen molar-refractivity contribution >= 4 is 6.08 Å². The third-order valence-electron chi connectivity index (χ3n) is 5.79. The van der Waals surface area contributed by atoms with Crippen LogP contribution in [-0.2, 0) is 6.54 Å². The minimum absolute atomic E-state index is 0.298. The molecule has 2 aliphatic heterocycles. The molecule has 3 atom stereocenters. The highest BCUT2D eigenvalue weighted by molar-refractivity contribution is 5.66. The molecule has 0 radical (unpaired) electrons. The maximum Gasteiger partial charge on any atom is 0.231 e. The number of nitrogens with one attached hydrogen (secondary N) is 1. The number of likely N-dealkylation sites (N-methyl/N-ethyl adjacent to an activating group) is 1. The first-order valence-electron chi connectivity index (χ1n) is 8.89. The first kappa shape index (κ1) is 15.6. The second-order valence-corrected chi connectivity index (χ2v) is 7.09. The summed E-state index contributed by atoms with van der Waals surface area (Å²) in [6.07, 6.45) is 4.51. The summed E-state index contributed by atoms with van der Waals surface area (Å²) in [5.74, 6) is 3.64. The Bertz CT molecular complexity index is 921. The van der Waals surface area contributed by atoms with Crippen LogP contribution in [0.25, 0.3) is 6.08 Å². The molecule has 5 rings (SSSR count). The van der Waals surface area contributed by atoms with Crippen molar-refractivity contribution in [3.8, 4) is 23.0 Å². The molecule has 0 aromatic heterocycles. The van der Waals surface area contributed by atoms with E-state index in [4.69, 9.17) is 18.9 Å². The van der Waals surface area contributed by atoms with Crippen LogP contribution in [0.5, 0.6) is 23.0 Å². The lowest BCUT2D eigenvalue weighted by Crippen LogP contribution is -3.09. The van der Waals surface area contributed by atoms with E-state index in [1.165, 1.54) is 27.2 Å². The van der Waals surface area contributed by atoms with Crippen molar-refractivity contribution < 1.29 is 23.8 Å². The van der Waals surface area contributed by atoms with Crippen LogP contribution < -0.4 is 23.8 Å². The standard InChI is InChI=1S/C21H21NO4/c1-22-10-16-13(6-7-17(23-2)21(16)24-3)14-5-4-12-8-18-19(26-11-25-18)9-15(12)20(14)22/h4-9,14,20H,10-11H2,1-3H3/p+1. The molecule has 0 saturated heterocycles. The van der Waals surface area contributed by atoms with E-state index in [1.54, 1.807) is 14.2 Å². The van der Waals surface area contributed by atoms with Gasteiger partial charge in [-0.05, 0) is 29.3 Å². The molecule has 0 amide bonds. The molecular weight excluding hydrogens is 330 g/mol. The Balaban J connectivity index is 1.66. The van der Waals surface area contributed by atoms with Gasteiger partial charge in [-0.2, -0.15) is 0 Å². The van der Waals surface area contributed by atoms with Gasteiger partial charge in [-0.1, -0.05) is 18.2 Å². The van der Waals surface area contributed by atoms with Crippen molar-refractivity contribution in [1.82, 2.24) is 0 Å². The molecule has 0 fully saturated rings. The zero-order chi connectivity index (χ0) is 17.8. The van der Waals surface area contributed by atoms with Gasteiger partial charge in [0, 0.05) is 5.56 Å². The topological polar surface area (TPSA) is 41.4 Å². The Labute approximate surface area is 152 Å². The van der Waals surface area contributed by atoms with Crippen molar-refractivity contribution in [2.24, 2.45) is 0 Å². The molecule has 5 nitrogen and oxygen atoms in total. The van der Waals surface area contributed by atoms with Crippen LogP contribution in [0.2, 0.25) is 0 Å². The fraction of sp³-hybridized carbons (Fsp3) is 0.333. The lowest BCUT2D eigenvalue weighted by atomic mass is 9.75. The van der Waals surface area contributed by atoms with Crippen LogP contribution in [-0.4, -0.2) is 28.1 Å². The van der Waals surface area contributed by atoms with Gasteiger partial charge in [0.05, 0.1) is 32.7 Å².